The summed E-state index contributed by atoms with van der Waals surface area (Å²) in [5.74, 6) is 0.337. The van der Waals surface area contributed by atoms with Crippen molar-refractivity contribution in [2.75, 3.05) is 12.9 Å². The lowest BCUT2D eigenvalue weighted by Gasteiger charge is -2.16. The third-order valence-electron chi connectivity index (χ3n) is 2.35. The molecule has 1 aromatic carbocycles. The molecule has 0 saturated heterocycles. The molecule has 0 aliphatic heterocycles. The smallest absolute Gasteiger partial charge is 0.358 e. The monoisotopic (exact) mass is 332 g/mol. The molecule has 1 atom stereocenters. The Morgan fingerprint density at radius 1 is 1.39 bits per heavy atom. The Balaban J connectivity index is 2.85. The van der Waals surface area contributed by atoms with Crippen molar-refractivity contribution in [1.29, 1.82) is 0 Å². The molecule has 0 spiro atoms. The van der Waals surface area contributed by atoms with Crippen LogP contribution in [0.4, 0.5) is 0 Å². The maximum Gasteiger partial charge on any atom is 0.358 e. The van der Waals surface area contributed by atoms with Crippen LogP contribution >= 0.6 is 27.7 Å². The molecule has 3 nitrogen and oxygen atoms in total. The Labute approximate surface area is 120 Å². The predicted octanol–water partition coefficient (Wildman–Crippen LogP) is 3.70. The van der Waals surface area contributed by atoms with Gasteiger partial charge in [-0.15, -0.1) is 11.8 Å². The standard InChI is InChI=1S/C13H17BrO3S/c1-5-16-12(15)13(18-4)17-10-6-8(2)11(14)9(3)7-10/h6-7,13H,5H2,1-4H3. The van der Waals surface area contributed by atoms with E-state index in [2.05, 4.69) is 15.9 Å². The van der Waals surface area contributed by atoms with Crippen molar-refractivity contribution < 1.29 is 14.3 Å². The van der Waals surface area contributed by atoms with E-state index < -0.39 is 5.44 Å². The van der Waals surface area contributed by atoms with Crippen molar-refractivity contribution in [2.24, 2.45) is 0 Å². The summed E-state index contributed by atoms with van der Waals surface area (Å²) < 4.78 is 11.7. The van der Waals surface area contributed by atoms with Crippen molar-refractivity contribution >= 4 is 33.7 Å². The van der Waals surface area contributed by atoms with Gasteiger partial charge in [0.05, 0.1) is 6.61 Å². The summed E-state index contributed by atoms with van der Waals surface area (Å²) in [6, 6.07) is 3.80. The van der Waals surface area contributed by atoms with Gasteiger partial charge in [-0.1, -0.05) is 15.9 Å². The Kier molecular flexibility index (Phi) is 6.02. The first-order chi connectivity index (χ1) is 8.49. The van der Waals surface area contributed by atoms with Gasteiger partial charge in [0.1, 0.15) is 5.75 Å². The second-order valence-corrected chi connectivity index (χ2v) is 5.50. The number of halogens is 1. The highest BCUT2D eigenvalue weighted by molar-refractivity contribution is 9.10. The zero-order chi connectivity index (χ0) is 13.7. The fraction of sp³-hybridized carbons (Fsp3) is 0.462. The molecule has 0 radical (unpaired) electrons. The Morgan fingerprint density at radius 2 is 1.94 bits per heavy atom. The number of hydrogen-bond donors (Lipinski definition) is 0. The van der Waals surface area contributed by atoms with Gasteiger partial charge in [0, 0.05) is 4.47 Å². The largest absolute Gasteiger partial charge is 0.468 e. The highest BCUT2D eigenvalue weighted by Crippen LogP contribution is 2.28. The molecule has 0 saturated carbocycles. The lowest BCUT2D eigenvalue weighted by Crippen LogP contribution is -2.26. The van der Waals surface area contributed by atoms with Gasteiger partial charge in [0.25, 0.3) is 0 Å². The van der Waals surface area contributed by atoms with E-state index >= 15 is 0 Å². The summed E-state index contributed by atoms with van der Waals surface area (Å²) in [6.07, 6.45) is 1.82. The van der Waals surface area contributed by atoms with Gasteiger partial charge >= 0.3 is 5.97 Å². The van der Waals surface area contributed by atoms with Crippen LogP contribution in [0.3, 0.4) is 0 Å². The summed E-state index contributed by atoms with van der Waals surface area (Å²) in [5.41, 5.74) is 1.53. The summed E-state index contributed by atoms with van der Waals surface area (Å²) in [5, 5.41) is 0. The molecule has 0 heterocycles. The molecule has 0 bridgehead atoms. The van der Waals surface area contributed by atoms with E-state index in [1.165, 1.54) is 11.8 Å². The number of aryl methyl sites for hydroxylation is 2. The number of benzene rings is 1. The van der Waals surface area contributed by atoms with E-state index in [1.807, 2.05) is 32.2 Å². The second-order valence-electron chi connectivity index (χ2n) is 3.81. The van der Waals surface area contributed by atoms with Gasteiger partial charge in [-0.3, -0.25) is 0 Å². The summed E-state index contributed by atoms with van der Waals surface area (Å²) in [7, 11) is 0. The average Bonchev–Trinajstić information content (AvgIpc) is 2.33. The molecule has 0 aromatic heterocycles. The molecule has 18 heavy (non-hydrogen) atoms. The first-order valence-corrected chi connectivity index (χ1v) is 7.70. The molecule has 0 N–H and O–H groups in total. The molecule has 0 aliphatic carbocycles. The van der Waals surface area contributed by atoms with E-state index in [0.717, 1.165) is 15.6 Å². The summed E-state index contributed by atoms with van der Waals surface area (Å²) in [6.45, 7) is 6.12. The van der Waals surface area contributed by atoms with Crippen molar-refractivity contribution in [3.63, 3.8) is 0 Å². The van der Waals surface area contributed by atoms with Gasteiger partial charge in [-0.25, -0.2) is 4.79 Å². The Hall–Kier alpha value is -0.680. The van der Waals surface area contributed by atoms with Crippen molar-refractivity contribution in [3.8, 4) is 5.75 Å². The summed E-state index contributed by atoms with van der Waals surface area (Å²) >= 11 is 4.82. The van der Waals surface area contributed by atoms with Crippen molar-refractivity contribution in [2.45, 2.75) is 26.2 Å². The SMILES string of the molecule is CCOC(=O)C(Oc1cc(C)c(Br)c(C)c1)SC. The Bertz CT molecular complexity index is 411. The molecule has 0 aliphatic rings. The van der Waals surface area contributed by atoms with Crippen molar-refractivity contribution in [1.82, 2.24) is 0 Å². The molecule has 0 amide bonds. The van der Waals surface area contributed by atoms with E-state index in [9.17, 15) is 4.79 Å². The minimum Gasteiger partial charge on any atom is -0.468 e. The van der Waals surface area contributed by atoms with Crippen LogP contribution in [-0.4, -0.2) is 24.3 Å². The van der Waals surface area contributed by atoms with E-state index in [4.69, 9.17) is 9.47 Å². The van der Waals surface area contributed by atoms with E-state index in [0.29, 0.717) is 12.4 Å². The van der Waals surface area contributed by atoms with Gasteiger partial charge in [0.15, 0.2) is 0 Å². The van der Waals surface area contributed by atoms with Crippen LogP contribution in [0.15, 0.2) is 16.6 Å². The second kappa shape index (κ2) is 7.04. The van der Waals surface area contributed by atoms with Gasteiger partial charge in [0.2, 0.25) is 5.44 Å². The topological polar surface area (TPSA) is 35.5 Å². The van der Waals surface area contributed by atoms with Crippen LogP contribution in [0.2, 0.25) is 0 Å². The van der Waals surface area contributed by atoms with E-state index in [-0.39, 0.29) is 5.97 Å². The minimum absolute atomic E-state index is 0.344. The van der Waals surface area contributed by atoms with Crippen LogP contribution in [-0.2, 0) is 9.53 Å². The molecular formula is C13H17BrO3S. The molecule has 0 fully saturated rings. The first-order valence-electron chi connectivity index (χ1n) is 5.62. The minimum atomic E-state index is -0.620. The molecule has 100 valence electrons. The van der Waals surface area contributed by atoms with E-state index in [1.54, 1.807) is 6.92 Å². The van der Waals surface area contributed by atoms with Crippen molar-refractivity contribution in [3.05, 3.63) is 27.7 Å². The predicted molar refractivity (Wildman–Crippen MR) is 78.2 cm³/mol. The lowest BCUT2D eigenvalue weighted by molar-refractivity contribution is -0.147. The molecular weight excluding hydrogens is 316 g/mol. The van der Waals surface area contributed by atoms with Crippen LogP contribution < -0.4 is 4.74 Å². The highest BCUT2D eigenvalue weighted by Gasteiger charge is 2.20. The average molecular weight is 333 g/mol. The van der Waals surface area contributed by atoms with Crippen LogP contribution in [0.25, 0.3) is 0 Å². The zero-order valence-electron chi connectivity index (χ0n) is 11.0. The number of ether oxygens (including phenoxy) is 2. The van der Waals surface area contributed by atoms with Crippen LogP contribution in [0.1, 0.15) is 18.1 Å². The lowest BCUT2D eigenvalue weighted by atomic mass is 10.1. The maximum atomic E-state index is 11.6. The summed E-state index contributed by atoms with van der Waals surface area (Å²) in [4.78, 5) is 11.6. The third kappa shape index (κ3) is 3.92. The number of esters is 1. The fourth-order valence-electron chi connectivity index (χ4n) is 1.50. The normalized spacial score (nSPS) is 12.1. The number of carbonyl (C=O) groups is 1. The third-order valence-corrected chi connectivity index (χ3v) is 4.31. The quantitative estimate of drug-likeness (QED) is 0.608. The number of carbonyl (C=O) groups excluding carboxylic acids is 1. The van der Waals surface area contributed by atoms with Gasteiger partial charge in [-0.2, -0.15) is 0 Å². The Morgan fingerprint density at radius 3 is 2.39 bits per heavy atom. The van der Waals surface area contributed by atoms with Crippen LogP contribution in [0, 0.1) is 13.8 Å². The number of hydrogen-bond acceptors (Lipinski definition) is 4. The fourth-order valence-corrected chi connectivity index (χ4v) is 2.20. The maximum absolute atomic E-state index is 11.6. The highest BCUT2D eigenvalue weighted by atomic mass is 79.9. The molecule has 1 unspecified atom stereocenters. The zero-order valence-corrected chi connectivity index (χ0v) is 13.4. The van der Waals surface area contributed by atoms with Crippen LogP contribution in [0.5, 0.6) is 5.75 Å². The molecule has 1 rings (SSSR count). The first kappa shape index (κ1) is 15.4. The number of rotatable bonds is 5. The molecule has 1 aromatic rings. The van der Waals surface area contributed by atoms with Gasteiger partial charge in [-0.05, 0) is 50.3 Å². The number of thioether (sulfide) groups is 1. The van der Waals surface area contributed by atoms with Gasteiger partial charge < -0.3 is 9.47 Å². The molecule has 5 heteroatoms.